The zero-order valence-corrected chi connectivity index (χ0v) is 15.5. The van der Waals surface area contributed by atoms with Crippen LogP contribution < -0.4 is 5.32 Å². The number of carbonyl (C=O) groups is 1. The Morgan fingerprint density at radius 1 is 1.28 bits per heavy atom. The highest BCUT2D eigenvalue weighted by molar-refractivity contribution is 6.31. The summed E-state index contributed by atoms with van der Waals surface area (Å²) in [5.74, 6) is 0. The molecule has 1 aliphatic rings. The molecule has 5 heteroatoms. The van der Waals surface area contributed by atoms with Crippen molar-refractivity contribution in [3.8, 4) is 0 Å². The van der Waals surface area contributed by atoms with Gasteiger partial charge in [0.2, 0.25) is 0 Å². The van der Waals surface area contributed by atoms with E-state index in [4.69, 9.17) is 11.6 Å². The van der Waals surface area contributed by atoms with Crippen LogP contribution in [0.4, 0.5) is 4.79 Å². The molecule has 0 bridgehead atoms. The van der Waals surface area contributed by atoms with E-state index in [2.05, 4.69) is 29.1 Å². The summed E-state index contributed by atoms with van der Waals surface area (Å²) >= 11 is 6.29. The molecule has 1 N–H and O–H groups in total. The summed E-state index contributed by atoms with van der Waals surface area (Å²) in [5, 5.41) is 3.83. The van der Waals surface area contributed by atoms with Crippen LogP contribution in [0, 0.1) is 0 Å². The highest BCUT2D eigenvalue weighted by atomic mass is 35.5. The number of unbranched alkanes of at least 4 members (excludes halogenated alkanes) is 1. The minimum absolute atomic E-state index is 0.0569. The topological polar surface area (TPSA) is 37.3 Å². The number of nitrogens with zero attached hydrogens (tertiary/aromatic N) is 2. The number of benzene rings is 1. The van der Waals surface area contributed by atoms with Gasteiger partial charge in [-0.15, -0.1) is 0 Å². The number of halogens is 1. The lowest BCUT2D eigenvalue weighted by Crippen LogP contribution is -2.41. The molecule has 1 saturated carbocycles. The summed E-state index contributed by atoms with van der Waals surface area (Å²) in [6, 6.07) is 12.5. The van der Waals surface area contributed by atoms with Gasteiger partial charge in [-0.1, -0.05) is 43.1 Å². The van der Waals surface area contributed by atoms with E-state index in [1.165, 1.54) is 0 Å². The minimum atomic E-state index is 0.0569. The van der Waals surface area contributed by atoms with Crippen molar-refractivity contribution in [2.24, 2.45) is 0 Å². The van der Waals surface area contributed by atoms with Crippen molar-refractivity contribution in [3.63, 3.8) is 0 Å². The Morgan fingerprint density at radius 3 is 2.80 bits per heavy atom. The molecule has 2 amide bonds. The molecule has 1 aliphatic carbocycles. The van der Waals surface area contributed by atoms with Gasteiger partial charge in [0.15, 0.2) is 0 Å². The molecule has 134 valence electrons. The number of rotatable bonds is 8. The Bertz CT molecular complexity index is 708. The zero-order valence-electron chi connectivity index (χ0n) is 14.7. The number of hydrogen-bond donors (Lipinski definition) is 1. The van der Waals surface area contributed by atoms with Gasteiger partial charge in [0, 0.05) is 36.0 Å². The number of carbonyl (C=O) groups excluding carboxylic acids is 1. The third kappa shape index (κ3) is 4.79. The average Bonchev–Trinajstić information content (AvgIpc) is 3.35. The third-order valence-electron chi connectivity index (χ3n) is 4.61. The second kappa shape index (κ2) is 8.43. The number of urea groups is 1. The molecule has 4 nitrogen and oxygen atoms in total. The monoisotopic (exact) mass is 359 g/mol. The van der Waals surface area contributed by atoms with Crippen LogP contribution in [0.1, 0.15) is 43.9 Å². The van der Waals surface area contributed by atoms with E-state index >= 15 is 0 Å². The molecule has 1 aromatic carbocycles. The summed E-state index contributed by atoms with van der Waals surface area (Å²) in [6.45, 7) is 4.24. The zero-order chi connectivity index (χ0) is 17.6. The van der Waals surface area contributed by atoms with E-state index in [-0.39, 0.29) is 6.03 Å². The van der Waals surface area contributed by atoms with Gasteiger partial charge in [-0.3, -0.25) is 0 Å². The van der Waals surface area contributed by atoms with E-state index < -0.39 is 0 Å². The second-order valence-corrected chi connectivity index (χ2v) is 7.07. The van der Waals surface area contributed by atoms with Crippen molar-refractivity contribution < 1.29 is 4.79 Å². The maximum Gasteiger partial charge on any atom is 0.318 e. The third-order valence-corrected chi connectivity index (χ3v) is 4.98. The number of amides is 2. The molecule has 0 radical (unpaired) electrons. The van der Waals surface area contributed by atoms with Gasteiger partial charge in [-0.05, 0) is 43.0 Å². The first-order valence-electron chi connectivity index (χ1n) is 9.11. The van der Waals surface area contributed by atoms with Crippen LogP contribution in [0.25, 0.3) is 0 Å². The molecular formula is C20H26ClN3O. The highest BCUT2D eigenvalue weighted by Crippen LogP contribution is 2.28. The smallest absolute Gasteiger partial charge is 0.318 e. The molecule has 1 fully saturated rings. The van der Waals surface area contributed by atoms with Crippen LogP contribution >= 0.6 is 11.6 Å². The van der Waals surface area contributed by atoms with Crippen LogP contribution in [0.15, 0.2) is 42.6 Å². The molecule has 3 rings (SSSR count). The number of aromatic nitrogens is 1. The maximum atomic E-state index is 12.5. The Morgan fingerprint density at radius 2 is 2.08 bits per heavy atom. The molecule has 25 heavy (non-hydrogen) atoms. The van der Waals surface area contributed by atoms with Gasteiger partial charge in [0.25, 0.3) is 0 Å². The fourth-order valence-corrected chi connectivity index (χ4v) is 3.15. The summed E-state index contributed by atoms with van der Waals surface area (Å²) in [4.78, 5) is 14.5. The fourth-order valence-electron chi connectivity index (χ4n) is 2.96. The Labute approximate surface area is 154 Å². The van der Waals surface area contributed by atoms with Crippen LogP contribution in [0.3, 0.4) is 0 Å². The van der Waals surface area contributed by atoms with E-state index in [0.717, 1.165) is 55.1 Å². The lowest BCUT2D eigenvalue weighted by atomic mass is 10.2. The Balaban J connectivity index is 1.68. The van der Waals surface area contributed by atoms with Crippen LogP contribution in [-0.2, 0) is 13.1 Å². The van der Waals surface area contributed by atoms with Crippen LogP contribution in [0.2, 0.25) is 5.02 Å². The number of nitrogens with one attached hydrogen (secondary N) is 1. The average molecular weight is 360 g/mol. The van der Waals surface area contributed by atoms with Crippen LogP contribution in [0.5, 0.6) is 0 Å². The summed E-state index contributed by atoms with van der Waals surface area (Å²) in [6.07, 6.45) is 6.37. The van der Waals surface area contributed by atoms with Gasteiger partial charge in [0.1, 0.15) is 0 Å². The Hall–Kier alpha value is -1.94. The minimum Gasteiger partial charge on any atom is -0.345 e. The first-order chi connectivity index (χ1) is 12.2. The van der Waals surface area contributed by atoms with E-state index in [1.807, 2.05) is 35.2 Å². The quantitative estimate of drug-likeness (QED) is 0.683. The lowest BCUT2D eigenvalue weighted by molar-refractivity contribution is 0.190. The highest BCUT2D eigenvalue weighted by Gasteiger charge is 2.32. The largest absolute Gasteiger partial charge is 0.345 e. The van der Waals surface area contributed by atoms with Gasteiger partial charge in [-0.25, -0.2) is 4.79 Å². The van der Waals surface area contributed by atoms with E-state index in [9.17, 15) is 4.79 Å². The molecule has 0 aliphatic heterocycles. The maximum absolute atomic E-state index is 12.5. The molecule has 1 aromatic heterocycles. The summed E-state index contributed by atoms with van der Waals surface area (Å²) in [5.41, 5.74) is 2.23. The molecule has 2 aromatic rings. The molecule has 0 saturated heterocycles. The van der Waals surface area contributed by atoms with Crippen molar-refractivity contribution in [2.75, 3.05) is 6.54 Å². The van der Waals surface area contributed by atoms with Crippen molar-refractivity contribution in [1.82, 2.24) is 14.8 Å². The van der Waals surface area contributed by atoms with E-state index in [1.54, 1.807) is 0 Å². The van der Waals surface area contributed by atoms with Crippen molar-refractivity contribution >= 4 is 17.6 Å². The predicted octanol–water partition coefficient (Wildman–Crippen LogP) is 4.66. The standard InChI is InChI=1S/C20H26ClN3O/c1-2-3-12-22-20(25)24(17-10-11-17)15-18-8-6-13-23(18)14-16-7-4-5-9-19(16)21/h4-9,13,17H,2-3,10-12,14-15H2,1H3,(H,22,25). The normalized spacial score (nSPS) is 13.7. The van der Waals surface area contributed by atoms with Gasteiger partial charge in [-0.2, -0.15) is 0 Å². The fraction of sp³-hybridized carbons (Fsp3) is 0.450. The molecule has 0 spiro atoms. The van der Waals surface area contributed by atoms with Crippen molar-refractivity contribution in [3.05, 3.63) is 58.9 Å². The molecule has 1 heterocycles. The summed E-state index contributed by atoms with van der Waals surface area (Å²) < 4.78 is 2.18. The molecule has 0 unspecified atom stereocenters. The van der Waals surface area contributed by atoms with Crippen molar-refractivity contribution in [1.29, 1.82) is 0 Å². The number of hydrogen-bond acceptors (Lipinski definition) is 1. The van der Waals surface area contributed by atoms with Crippen molar-refractivity contribution in [2.45, 2.75) is 51.7 Å². The molecule has 0 atom stereocenters. The first-order valence-corrected chi connectivity index (χ1v) is 9.48. The predicted molar refractivity (Wildman–Crippen MR) is 102 cm³/mol. The van der Waals surface area contributed by atoms with Gasteiger partial charge >= 0.3 is 6.03 Å². The van der Waals surface area contributed by atoms with Crippen LogP contribution in [-0.4, -0.2) is 28.1 Å². The van der Waals surface area contributed by atoms with Gasteiger partial charge < -0.3 is 14.8 Å². The first kappa shape index (κ1) is 17.9. The van der Waals surface area contributed by atoms with Gasteiger partial charge in [0.05, 0.1) is 6.54 Å². The second-order valence-electron chi connectivity index (χ2n) is 6.66. The van der Waals surface area contributed by atoms with E-state index in [0.29, 0.717) is 12.6 Å². The summed E-state index contributed by atoms with van der Waals surface area (Å²) in [7, 11) is 0. The lowest BCUT2D eigenvalue weighted by Gasteiger charge is -2.24. The SMILES string of the molecule is CCCCNC(=O)N(Cc1cccn1Cc1ccccc1Cl)C1CC1. The Kier molecular flexibility index (Phi) is 6.03. The molecular weight excluding hydrogens is 334 g/mol.